The van der Waals surface area contributed by atoms with Crippen LogP contribution in [0.25, 0.3) is 0 Å². The second-order valence-corrected chi connectivity index (χ2v) is 4.49. The molecule has 0 nitrogen and oxygen atoms in total. The highest BCUT2D eigenvalue weighted by molar-refractivity contribution is 4.95. The summed E-state index contributed by atoms with van der Waals surface area (Å²) in [6, 6.07) is 0. The molecule has 0 spiro atoms. The van der Waals surface area contributed by atoms with Crippen LogP contribution in [-0.2, 0) is 0 Å². The van der Waals surface area contributed by atoms with Gasteiger partial charge in [-0.3, -0.25) is 0 Å². The highest BCUT2D eigenvalue weighted by Crippen LogP contribution is 2.26. The zero-order valence-corrected chi connectivity index (χ0v) is 9.06. The third-order valence-corrected chi connectivity index (χ3v) is 1.90. The molecule has 0 heteroatoms. The summed E-state index contributed by atoms with van der Waals surface area (Å²) in [5.41, 5.74) is 0.330. The van der Waals surface area contributed by atoms with Crippen molar-refractivity contribution in [3.05, 3.63) is 19.1 Å². The lowest BCUT2D eigenvalue weighted by molar-refractivity contribution is 0.384. The van der Waals surface area contributed by atoms with Crippen LogP contribution in [0.2, 0.25) is 0 Å². The topological polar surface area (TPSA) is 0 Å². The first-order valence-electron chi connectivity index (χ1n) is 4.98. The third-order valence-electron chi connectivity index (χ3n) is 1.90. The van der Waals surface area contributed by atoms with Crippen LogP contribution in [0.3, 0.4) is 0 Å². The smallest absolute Gasteiger partial charge is 0.0172 e. The third kappa shape index (κ3) is 6.45. The molecule has 0 saturated carbocycles. The van der Waals surface area contributed by atoms with Crippen LogP contribution < -0.4 is 0 Å². The van der Waals surface area contributed by atoms with E-state index in [1.54, 1.807) is 0 Å². The van der Waals surface area contributed by atoms with Crippen molar-refractivity contribution in [3.63, 3.8) is 0 Å². The minimum Gasteiger partial charge on any atom is -0.0880 e. The predicted octanol–water partition coefficient (Wildman–Crippen LogP) is 4.23. The molecule has 12 heavy (non-hydrogen) atoms. The Labute approximate surface area is 78.1 Å². The Hall–Kier alpha value is -0.260. The van der Waals surface area contributed by atoms with Crippen LogP contribution in [0.1, 0.15) is 47.0 Å². The van der Waals surface area contributed by atoms with Gasteiger partial charge in [0.05, 0.1) is 0 Å². The molecule has 0 aliphatic carbocycles. The monoisotopic (exact) mass is 167 g/mol. The van der Waals surface area contributed by atoms with E-state index in [2.05, 4.69) is 46.8 Å². The minimum atomic E-state index is 0.330. The Morgan fingerprint density at radius 1 is 1.42 bits per heavy atom. The molecule has 1 atom stereocenters. The normalized spacial score (nSPS) is 13.2. The quantitative estimate of drug-likeness (QED) is 0.537. The van der Waals surface area contributed by atoms with Crippen molar-refractivity contribution in [1.82, 2.24) is 0 Å². The van der Waals surface area contributed by atoms with Crippen LogP contribution in [0.4, 0.5) is 0 Å². The molecule has 0 aliphatic heterocycles. The van der Waals surface area contributed by atoms with Gasteiger partial charge >= 0.3 is 0 Å². The van der Waals surface area contributed by atoms with Crippen LogP contribution in [0.15, 0.2) is 12.2 Å². The molecule has 0 rings (SSSR count). The first kappa shape index (κ1) is 11.7. The number of hydrogen-bond donors (Lipinski definition) is 0. The van der Waals surface area contributed by atoms with Crippen LogP contribution in [0, 0.1) is 18.3 Å². The molecule has 0 amide bonds. The summed E-state index contributed by atoms with van der Waals surface area (Å²) >= 11 is 0. The van der Waals surface area contributed by atoms with Gasteiger partial charge in [0.15, 0.2) is 0 Å². The Morgan fingerprint density at radius 3 is 2.42 bits per heavy atom. The Morgan fingerprint density at radius 2 is 2.00 bits per heavy atom. The largest absolute Gasteiger partial charge is 0.0880 e. The molecule has 1 unspecified atom stereocenters. The Bertz CT molecular complexity index is 129. The van der Waals surface area contributed by atoms with Gasteiger partial charge in [-0.25, -0.2) is 0 Å². The van der Waals surface area contributed by atoms with Gasteiger partial charge in [-0.15, -0.1) is 0 Å². The Balaban J connectivity index is 3.85. The molecule has 1 radical (unpaired) electrons. The molecule has 0 aliphatic rings. The fraction of sp³-hybridized carbons (Fsp3) is 0.750. The lowest BCUT2D eigenvalue weighted by Crippen LogP contribution is -2.10. The lowest BCUT2D eigenvalue weighted by Gasteiger charge is -2.22. The first-order valence-corrected chi connectivity index (χ1v) is 4.98. The first-order chi connectivity index (χ1) is 5.48. The van der Waals surface area contributed by atoms with E-state index in [1.807, 2.05) is 0 Å². The van der Waals surface area contributed by atoms with Gasteiger partial charge in [-0.1, -0.05) is 53.2 Å². The number of hydrogen-bond acceptors (Lipinski definition) is 0. The molecule has 0 N–H and O–H groups in total. The lowest BCUT2D eigenvalue weighted by atomic mass is 9.83. The van der Waals surface area contributed by atoms with Crippen molar-refractivity contribution in [2.24, 2.45) is 11.3 Å². The van der Waals surface area contributed by atoms with Gasteiger partial charge in [0, 0.05) is 0 Å². The van der Waals surface area contributed by atoms with Crippen molar-refractivity contribution in [3.8, 4) is 0 Å². The summed E-state index contributed by atoms with van der Waals surface area (Å²) in [4.78, 5) is 0. The van der Waals surface area contributed by atoms with E-state index in [0.717, 1.165) is 0 Å². The van der Waals surface area contributed by atoms with Crippen molar-refractivity contribution in [2.75, 3.05) is 0 Å². The average Bonchev–Trinajstić information content (AvgIpc) is 1.84. The summed E-state index contributed by atoms with van der Waals surface area (Å²) in [5, 5.41) is 0. The van der Waals surface area contributed by atoms with Crippen LogP contribution in [0.5, 0.6) is 0 Å². The molecule has 0 bridgehead atoms. The number of allylic oxidation sites excluding steroid dienone is 2. The Kier molecular flexibility index (Phi) is 5.28. The maximum absolute atomic E-state index is 4.02. The maximum Gasteiger partial charge on any atom is -0.0172 e. The second kappa shape index (κ2) is 5.40. The van der Waals surface area contributed by atoms with E-state index >= 15 is 0 Å². The van der Waals surface area contributed by atoms with Crippen molar-refractivity contribution in [1.29, 1.82) is 0 Å². The average molecular weight is 167 g/mol. The molecular formula is C12H23. The molecule has 0 saturated heterocycles. The summed E-state index contributed by atoms with van der Waals surface area (Å²) in [6.07, 6.45) is 8.25. The molecule has 0 aromatic rings. The van der Waals surface area contributed by atoms with Gasteiger partial charge in [0.2, 0.25) is 0 Å². The summed E-state index contributed by atoms with van der Waals surface area (Å²) in [5.74, 6) is 0.547. The fourth-order valence-corrected chi connectivity index (χ4v) is 1.54. The number of unbranched alkanes of at least 4 members (excludes halogenated alkanes) is 1. The SMILES string of the molecule is [CH2]C(C)CC(C)(C)C=CCCC. The van der Waals surface area contributed by atoms with Crippen molar-refractivity contribution < 1.29 is 0 Å². The second-order valence-electron chi connectivity index (χ2n) is 4.49. The van der Waals surface area contributed by atoms with E-state index in [1.165, 1.54) is 19.3 Å². The van der Waals surface area contributed by atoms with Crippen LogP contribution >= 0.6 is 0 Å². The van der Waals surface area contributed by atoms with Crippen LogP contribution in [-0.4, -0.2) is 0 Å². The summed E-state index contributed by atoms with van der Waals surface area (Å²) < 4.78 is 0. The molecule has 0 aromatic heterocycles. The van der Waals surface area contributed by atoms with Gasteiger partial charge in [-0.05, 0) is 24.2 Å². The van der Waals surface area contributed by atoms with E-state index in [4.69, 9.17) is 0 Å². The van der Waals surface area contributed by atoms with E-state index < -0.39 is 0 Å². The van der Waals surface area contributed by atoms with E-state index in [0.29, 0.717) is 11.3 Å². The van der Waals surface area contributed by atoms with Gasteiger partial charge in [0.25, 0.3) is 0 Å². The summed E-state index contributed by atoms with van der Waals surface area (Å²) in [7, 11) is 0. The molecule has 71 valence electrons. The van der Waals surface area contributed by atoms with Crippen molar-refractivity contribution >= 4 is 0 Å². The van der Waals surface area contributed by atoms with E-state index in [-0.39, 0.29) is 0 Å². The molecule has 0 heterocycles. The molecule has 0 aromatic carbocycles. The van der Waals surface area contributed by atoms with Gasteiger partial charge < -0.3 is 0 Å². The summed E-state index contributed by atoms with van der Waals surface area (Å²) in [6.45, 7) is 13.0. The highest BCUT2D eigenvalue weighted by atomic mass is 14.2. The minimum absolute atomic E-state index is 0.330. The maximum atomic E-state index is 4.02. The molecular weight excluding hydrogens is 144 g/mol. The number of rotatable bonds is 5. The zero-order valence-electron chi connectivity index (χ0n) is 9.06. The predicted molar refractivity (Wildman–Crippen MR) is 57.0 cm³/mol. The van der Waals surface area contributed by atoms with E-state index in [9.17, 15) is 0 Å². The van der Waals surface area contributed by atoms with Gasteiger partial charge in [-0.2, -0.15) is 0 Å². The highest BCUT2D eigenvalue weighted by Gasteiger charge is 2.14. The van der Waals surface area contributed by atoms with Crippen molar-refractivity contribution in [2.45, 2.75) is 47.0 Å². The standard InChI is InChI=1S/C12H23/c1-6-7-8-9-12(4,5)10-11(2)3/h8-9,11H,2,6-7,10H2,1,3-5H3. The fourth-order valence-electron chi connectivity index (χ4n) is 1.54. The van der Waals surface area contributed by atoms with Gasteiger partial charge in [0.1, 0.15) is 0 Å². The zero-order chi connectivity index (χ0) is 9.61. The molecule has 0 fully saturated rings.